The summed E-state index contributed by atoms with van der Waals surface area (Å²) < 4.78 is 15.9. The second-order valence-corrected chi connectivity index (χ2v) is 9.67. The minimum absolute atomic E-state index is 0.0633. The zero-order valence-electron chi connectivity index (χ0n) is 19.0. The molecule has 4 bridgehead atoms. The van der Waals surface area contributed by atoms with Gasteiger partial charge >= 0.3 is 0 Å². The zero-order valence-corrected chi connectivity index (χ0v) is 19.0. The Morgan fingerprint density at radius 2 is 1.48 bits per heavy atom. The lowest BCUT2D eigenvalue weighted by Crippen LogP contribution is -2.56. The lowest BCUT2D eigenvalue weighted by Gasteiger charge is -2.59. The van der Waals surface area contributed by atoms with E-state index in [0.29, 0.717) is 22.8 Å². The van der Waals surface area contributed by atoms with E-state index in [2.05, 4.69) is 17.6 Å². The molecule has 4 aliphatic rings. The summed E-state index contributed by atoms with van der Waals surface area (Å²) in [5, 5.41) is 5.90. The van der Waals surface area contributed by atoms with E-state index in [1.54, 1.807) is 12.1 Å². The SMILES string of the molecule is COc1cc(C(=O)NCC(=O)NC(C)C23CC4CC(CC(C4)C2)C3)cc(OC)c1OC. The first-order valence-corrected chi connectivity index (χ1v) is 11.2. The summed E-state index contributed by atoms with van der Waals surface area (Å²) in [6.07, 6.45) is 7.84. The van der Waals surface area contributed by atoms with E-state index in [4.69, 9.17) is 14.2 Å². The average molecular weight is 431 g/mol. The Morgan fingerprint density at radius 3 is 1.94 bits per heavy atom. The van der Waals surface area contributed by atoms with Crippen LogP contribution < -0.4 is 24.8 Å². The van der Waals surface area contributed by atoms with Crippen molar-refractivity contribution >= 4 is 11.8 Å². The van der Waals surface area contributed by atoms with Crippen LogP contribution >= 0.6 is 0 Å². The number of methoxy groups -OCH3 is 3. The largest absolute Gasteiger partial charge is 0.493 e. The molecule has 0 aliphatic heterocycles. The quantitative estimate of drug-likeness (QED) is 0.662. The van der Waals surface area contributed by atoms with Crippen LogP contribution in [0.3, 0.4) is 0 Å². The fraction of sp³-hybridized carbons (Fsp3) is 0.667. The molecule has 170 valence electrons. The van der Waals surface area contributed by atoms with Gasteiger partial charge in [-0.2, -0.15) is 0 Å². The van der Waals surface area contributed by atoms with Gasteiger partial charge in [0.15, 0.2) is 11.5 Å². The molecule has 4 saturated carbocycles. The molecule has 0 aromatic heterocycles. The van der Waals surface area contributed by atoms with Gasteiger partial charge in [-0.3, -0.25) is 9.59 Å². The molecule has 0 spiro atoms. The van der Waals surface area contributed by atoms with Gasteiger partial charge in [0.2, 0.25) is 11.7 Å². The molecule has 1 unspecified atom stereocenters. The Labute approximate surface area is 184 Å². The van der Waals surface area contributed by atoms with Crippen LogP contribution in [0.25, 0.3) is 0 Å². The molecular formula is C24H34N2O5. The normalized spacial score (nSPS) is 29.2. The highest BCUT2D eigenvalue weighted by Gasteiger charge is 2.53. The van der Waals surface area contributed by atoms with E-state index in [1.807, 2.05) is 0 Å². The Kier molecular flexibility index (Phi) is 6.04. The minimum Gasteiger partial charge on any atom is -0.493 e. The summed E-state index contributed by atoms with van der Waals surface area (Å²) >= 11 is 0. The Morgan fingerprint density at radius 1 is 0.968 bits per heavy atom. The summed E-state index contributed by atoms with van der Waals surface area (Å²) in [6, 6.07) is 3.28. The van der Waals surface area contributed by atoms with Crippen LogP contribution in [0.2, 0.25) is 0 Å². The highest BCUT2D eigenvalue weighted by atomic mass is 16.5. The number of carbonyl (C=O) groups excluding carboxylic acids is 2. The molecule has 0 saturated heterocycles. The van der Waals surface area contributed by atoms with Gasteiger partial charge in [0.25, 0.3) is 5.91 Å². The molecule has 5 rings (SSSR count). The number of amides is 2. The third-order valence-corrected chi connectivity index (χ3v) is 7.72. The Hall–Kier alpha value is -2.44. The van der Waals surface area contributed by atoms with Crippen molar-refractivity contribution in [3.8, 4) is 17.2 Å². The topological polar surface area (TPSA) is 85.9 Å². The van der Waals surface area contributed by atoms with Crippen LogP contribution in [0.15, 0.2) is 12.1 Å². The molecule has 2 N–H and O–H groups in total. The van der Waals surface area contributed by atoms with Gasteiger partial charge in [0.05, 0.1) is 27.9 Å². The highest BCUT2D eigenvalue weighted by Crippen LogP contribution is 2.61. The fourth-order valence-electron chi connectivity index (χ4n) is 6.63. The second kappa shape index (κ2) is 8.60. The zero-order chi connectivity index (χ0) is 22.2. The van der Waals surface area contributed by atoms with E-state index in [9.17, 15) is 9.59 Å². The number of ether oxygens (including phenoxy) is 3. The first-order chi connectivity index (χ1) is 14.9. The van der Waals surface area contributed by atoms with E-state index in [0.717, 1.165) is 17.8 Å². The van der Waals surface area contributed by atoms with Gasteiger partial charge in [-0.1, -0.05) is 0 Å². The molecule has 0 radical (unpaired) electrons. The summed E-state index contributed by atoms with van der Waals surface area (Å²) in [4.78, 5) is 25.3. The molecule has 2 amide bonds. The molecular weight excluding hydrogens is 396 g/mol. The predicted octanol–water partition coefficient (Wildman–Crippen LogP) is 3.16. The van der Waals surface area contributed by atoms with E-state index >= 15 is 0 Å². The van der Waals surface area contributed by atoms with Crippen molar-refractivity contribution in [1.29, 1.82) is 0 Å². The van der Waals surface area contributed by atoms with E-state index in [1.165, 1.54) is 59.9 Å². The van der Waals surface area contributed by atoms with Crippen molar-refractivity contribution in [2.75, 3.05) is 27.9 Å². The van der Waals surface area contributed by atoms with Gasteiger partial charge in [-0.25, -0.2) is 0 Å². The van der Waals surface area contributed by atoms with Crippen LogP contribution in [0.4, 0.5) is 0 Å². The van der Waals surface area contributed by atoms with Gasteiger partial charge < -0.3 is 24.8 Å². The maximum absolute atomic E-state index is 12.6. The van der Waals surface area contributed by atoms with Crippen LogP contribution in [0.1, 0.15) is 55.8 Å². The molecule has 1 aromatic rings. The first-order valence-electron chi connectivity index (χ1n) is 11.2. The molecule has 1 atom stereocenters. The fourth-order valence-corrected chi connectivity index (χ4v) is 6.63. The van der Waals surface area contributed by atoms with E-state index < -0.39 is 0 Å². The molecule has 31 heavy (non-hydrogen) atoms. The summed E-state index contributed by atoms with van der Waals surface area (Å²) in [5.41, 5.74) is 0.585. The Bertz CT molecular complexity index is 792. The first kappa shape index (κ1) is 21.8. The van der Waals surface area contributed by atoms with Crippen molar-refractivity contribution in [3.63, 3.8) is 0 Å². The average Bonchev–Trinajstić information content (AvgIpc) is 2.75. The minimum atomic E-state index is -0.364. The van der Waals surface area contributed by atoms with Crippen molar-refractivity contribution in [2.24, 2.45) is 23.2 Å². The van der Waals surface area contributed by atoms with Gasteiger partial charge in [0.1, 0.15) is 0 Å². The van der Waals surface area contributed by atoms with E-state index in [-0.39, 0.29) is 29.8 Å². The summed E-state index contributed by atoms with van der Waals surface area (Å²) in [6.45, 7) is 2.08. The number of hydrogen-bond acceptors (Lipinski definition) is 5. The van der Waals surface area contributed by atoms with Gasteiger partial charge in [-0.15, -0.1) is 0 Å². The number of benzene rings is 1. The van der Waals surface area contributed by atoms with Crippen LogP contribution in [-0.4, -0.2) is 45.7 Å². The van der Waals surface area contributed by atoms with Crippen LogP contribution in [-0.2, 0) is 4.79 Å². The smallest absolute Gasteiger partial charge is 0.251 e. The third-order valence-electron chi connectivity index (χ3n) is 7.72. The Balaban J connectivity index is 1.35. The number of nitrogens with one attached hydrogen (secondary N) is 2. The standard InChI is InChI=1S/C24H34N2O5/c1-14(24-10-15-5-16(11-24)7-17(6-15)12-24)26-21(27)13-25-23(28)18-8-19(29-2)22(31-4)20(9-18)30-3/h8-9,14-17H,5-7,10-13H2,1-4H3,(H,25,28)(H,26,27). The number of carbonyl (C=O) groups is 2. The van der Waals surface area contributed by atoms with Gasteiger partial charge in [0, 0.05) is 11.6 Å². The third kappa shape index (κ3) is 4.19. The highest BCUT2D eigenvalue weighted by molar-refractivity contribution is 5.97. The lowest BCUT2D eigenvalue weighted by molar-refractivity contribution is -0.124. The van der Waals surface area contributed by atoms with Crippen molar-refractivity contribution in [2.45, 2.75) is 51.5 Å². The summed E-state index contributed by atoms with van der Waals surface area (Å²) in [5.74, 6) is 3.21. The molecule has 7 heteroatoms. The van der Waals surface area contributed by atoms with Crippen molar-refractivity contribution in [1.82, 2.24) is 10.6 Å². The monoisotopic (exact) mass is 430 g/mol. The maximum Gasteiger partial charge on any atom is 0.251 e. The van der Waals surface area contributed by atoms with Gasteiger partial charge in [-0.05, 0) is 80.8 Å². The number of rotatable bonds is 8. The number of hydrogen-bond donors (Lipinski definition) is 2. The van der Waals surface area contributed by atoms with Crippen molar-refractivity contribution in [3.05, 3.63) is 17.7 Å². The van der Waals surface area contributed by atoms with Crippen LogP contribution in [0.5, 0.6) is 17.2 Å². The predicted molar refractivity (Wildman–Crippen MR) is 117 cm³/mol. The molecule has 1 aromatic carbocycles. The summed E-state index contributed by atoms with van der Waals surface area (Å²) in [7, 11) is 4.51. The lowest BCUT2D eigenvalue weighted by atomic mass is 9.48. The van der Waals surface area contributed by atoms with Crippen molar-refractivity contribution < 1.29 is 23.8 Å². The second-order valence-electron chi connectivity index (χ2n) is 9.67. The maximum atomic E-state index is 12.6. The molecule has 7 nitrogen and oxygen atoms in total. The van der Waals surface area contributed by atoms with Crippen LogP contribution in [0, 0.1) is 23.2 Å². The molecule has 4 aliphatic carbocycles. The molecule has 0 heterocycles. The molecule has 4 fully saturated rings.